The zero-order chi connectivity index (χ0) is 22.6. The van der Waals surface area contributed by atoms with E-state index < -0.39 is 10.0 Å². The molecular weight excluding hydrogens is 442 g/mol. The molecule has 0 radical (unpaired) electrons. The number of nitrogens with zero attached hydrogens (tertiary/aromatic N) is 5. The van der Waals surface area contributed by atoms with Crippen molar-refractivity contribution < 1.29 is 18.0 Å². The summed E-state index contributed by atoms with van der Waals surface area (Å²) in [6, 6.07) is 5.76. The fourth-order valence-corrected chi connectivity index (χ4v) is 5.06. The third-order valence-corrected chi connectivity index (χ3v) is 7.84. The molecule has 3 rings (SSSR count). The van der Waals surface area contributed by atoms with Gasteiger partial charge < -0.3 is 19.6 Å². The highest BCUT2D eigenvalue weighted by molar-refractivity contribution is 7.89. The van der Waals surface area contributed by atoms with Crippen LogP contribution in [-0.2, 0) is 19.6 Å². The van der Waals surface area contributed by atoms with Gasteiger partial charge in [0.15, 0.2) is 0 Å². The molecule has 0 aliphatic carbocycles. The van der Waals surface area contributed by atoms with E-state index in [1.165, 1.54) is 24.3 Å². The van der Waals surface area contributed by atoms with Gasteiger partial charge in [-0.3, -0.25) is 9.59 Å². The normalized spacial score (nSPS) is 19.1. The molecule has 172 valence electrons. The van der Waals surface area contributed by atoms with Crippen LogP contribution in [0, 0.1) is 0 Å². The predicted molar refractivity (Wildman–Crippen MR) is 118 cm³/mol. The Morgan fingerprint density at radius 3 is 1.58 bits per heavy atom. The summed E-state index contributed by atoms with van der Waals surface area (Å²) in [6.07, 6.45) is 0. The molecule has 2 aliphatic heterocycles. The molecule has 0 N–H and O–H groups in total. The van der Waals surface area contributed by atoms with Gasteiger partial charge in [-0.25, -0.2) is 8.42 Å². The number of carbonyl (C=O) groups excluding carboxylic acids is 2. The molecule has 9 nitrogen and oxygen atoms in total. The van der Waals surface area contributed by atoms with Crippen molar-refractivity contribution in [3.63, 3.8) is 0 Å². The largest absolute Gasteiger partial charge is 0.339 e. The smallest absolute Gasteiger partial charge is 0.244 e. The number of halogens is 1. The minimum Gasteiger partial charge on any atom is -0.339 e. The SMILES string of the molecule is CN1CCN(C(=O)CN(CC(=O)N2CCN(C)CC2)S(=O)(=O)c2ccc(Cl)cc2)CC1. The minimum absolute atomic E-state index is 0.00857. The van der Waals surface area contributed by atoms with Crippen molar-refractivity contribution in [2.24, 2.45) is 0 Å². The van der Waals surface area contributed by atoms with Crippen LogP contribution in [0.3, 0.4) is 0 Å². The number of amides is 2. The number of hydrogen-bond donors (Lipinski definition) is 0. The standard InChI is InChI=1S/C20H30ClN5O4S/c1-22-7-11-24(12-8-22)19(27)15-26(16-20(28)25-13-9-23(2)10-14-25)31(29,30)18-5-3-17(21)4-6-18/h3-6H,7-16H2,1-2H3. The van der Waals surface area contributed by atoms with Gasteiger partial charge in [0.2, 0.25) is 21.8 Å². The van der Waals surface area contributed by atoms with Gasteiger partial charge in [0, 0.05) is 57.4 Å². The highest BCUT2D eigenvalue weighted by Gasteiger charge is 2.32. The lowest BCUT2D eigenvalue weighted by atomic mass is 10.3. The fourth-order valence-electron chi connectivity index (χ4n) is 3.59. The molecule has 2 amide bonds. The van der Waals surface area contributed by atoms with Gasteiger partial charge in [0.25, 0.3) is 0 Å². The molecule has 2 heterocycles. The van der Waals surface area contributed by atoms with E-state index in [1.54, 1.807) is 9.80 Å². The highest BCUT2D eigenvalue weighted by Crippen LogP contribution is 2.19. The number of benzene rings is 1. The first-order valence-corrected chi connectivity index (χ1v) is 12.2. The number of piperazine rings is 2. The van der Waals surface area contributed by atoms with Crippen LogP contribution in [-0.4, -0.2) is 124 Å². The lowest BCUT2D eigenvalue weighted by Gasteiger charge is -2.35. The van der Waals surface area contributed by atoms with Gasteiger partial charge in [-0.15, -0.1) is 0 Å². The van der Waals surface area contributed by atoms with Gasteiger partial charge in [-0.05, 0) is 38.4 Å². The van der Waals surface area contributed by atoms with Crippen LogP contribution in [0.2, 0.25) is 5.02 Å². The van der Waals surface area contributed by atoms with Gasteiger partial charge in [-0.2, -0.15) is 4.31 Å². The number of rotatable bonds is 6. The molecular formula is C20H30ClN5O4S. The molecule has 11 heteroatoms. The molecule has 2 saturated heterocycles. The summed E-state index contributed by atoms with van der Waals surface area (Å²) in [6.45, 7) is 4.35. The van der Waals surface area contributed by atoms with E-state index in [9.17, 15) is 18.0 Å². The lowest BCUT2D eigenvalue weighted by molar-refractivity contribution is -0.135. The molecule has 0 unspecified atom stereocenters. The summed E-state index contributed by atoms with van der Waals surface area (Å²) in [5, 5.41) is 0.410. The third kappa shape index (κ3) is 6.17. The van der Waals surface area contributed by atoms with E-state index in [-0.39, 0.29) is 29.8 Å². The zero-order valence-electron chi connectivity index (χ0n) is 18.0. The second-order valence-corrected chi connectivity index (χ2v) is 10.5. The highest BCUT2D eigenvalue weighted by atomic mass is 35.5. The Labute approximate surface area is 189 Å². The summed E-state index contributed by atoms with van der Waals surface area (Å²) in [5.74, 6) is -0.589. The fraction of sp³-hybridized carbons (Fsp3) is 0.600. The Balaban J connectivity index is 1.78. The molecule has 0 bridgehead atoms. The monoisotopic (exact) mass is 471 g/mol. The van der Waals surface area contributed by atoms with E-state index in [2.05, 4.69) is 9.80 Å². The molecule has 31 heavy (non-hydrogen) atoms. The Kier molecular flexibility index (Phi) is 7.92. The van der Waals surface area contributed by atoms with Crippen molar-refractivity contribution >= 4 is 33.4 Å². The van der Waals surface area contributed by atoms with Crippen LogP contribution in [0.1, 0.15) is 0 Å². The molecule has 0 spiro atoms. The summed E-state index contributed by atoms with van der Waals surface area (Å²) >= 11 is 5.90. The molecule has 0 atom stereocenters. The van der Waals surface area contributed by atoms with Crippen LogP contribution >= 0.6 is 11.6 Å². The zero-order valence-corrected chi connectivity index (χ0v) is 19.6. The maximum Gasteiger partial charge on any atom is 0.244 e. The van der Waals surface area contributed by atoms with Crippen LogP contribution in [0.15, 0.2) is 29.2 Å². The van der Waals surface area contributed by atoms with E-state index in [0.717, 1.165) is 30.5 Å². The quantitative estimate of drug-likeness (QED) is 0.575. The molecule has 2 fully saturated rings. The van der Waals surface area contributed by atoms with E-state index in [4.69, 9.17) is 11.6 Å². The molecule has 1 aromatic rings. The van der Waals surface area contributed by atoms with E-state index in [0.29, 0.717) is 31.2 Å². The molecule has 1 aromatic carbocycles. The first-order valence-electron chi connectivity index (χ1n) is 10.3. The van der Waals surface area contributed by atoms with E-state index >= 15 is 0 Å². The first kappa shape index (κ1) is 23.9. The Morgan fingerprint density at radius 2 is 1.19 bits per heavy atom. The van der Waals surface area contributed by atoms with Crippen molar-refractivity contribution in [2.45, 2.75) is 4.90 Å². The molecule has 2 aliphatic rings. The molecule has 0 aromatic heterocycles. The Hall–Kier alpha value is -1.72. The maximum absolute atomic E-state index is 13.3. The van der Waals surface area contributed by atoms with Crippen LogP contribution in [0.4, 0.5) is 0 Å². The number of carbonyl (C=O) groups is 2. The Bertz CT molecular complexity index is 843. The Morgan fingerprint density at radius 1 is 0.806 bits per heavy atom. The van der Waals surface area contributed by atoms with Crippen LogP contribution in [0.5, 0.6) is 0 Å². The molecule has 0 saturated carbocycles. The van der Waals surface area contributed by atoms with Gasteiger partial charge in [0.05, 0.1) is 18.0 Å². The summed E-state index contributed by atoms with van der Waals surface area (Å²) in [5.41, 5.74) is 0. The van der Waals surface area contributed by atoms with Gasteiger partial charge in [-0.1, -0.05) is 11.6 Å². The van der Waals surface area contributed by atoms with Crippen LogP contribution < -0.4 is 0 Å². The second-order valence-electron chi connectivity index (χ2n) is 8.10. The third-order valence-electron chi connectivity index (χ3n) is 5.79. The van der Waals surface area contributed by atoms with Crippen molar-refractivity contribution in [3.8, 4) is 0 Å². The minimum atomic E-state index is -4.05. The summed E-state index contributed by atoms with van der Waals surface area (Å²) in [7, 11) is -0.0880. The number of sulfonamides is 1. The van der Waals surface area contributed by atoms with Crippen molar-refractivity contribution in [2.75, 3.05) is 79.5 Å². The van der Waals surface area contributed by atoms with Crippen molar-refractivity contribution in [3.05, 3.63) is 29.3 Å². The van der Waals surface area contributed by atoms with Crippen molar-refractivity contribution in [1.82, 2.24) is 23.9 Å². The number of likely N-dealkylation sites (N-methyl/N-ethyl adjacent to an activating group) is 2. The average molecular weight is 472 g/mol. The first-order chi connectivity index (χ1) is 14.7. The lowest BCUT2D eigenvalue weighted by Crippen LogP contribution is -2.53. The number of hydrogen-bond acceptors (Lipinski definition) is 6. The maximum atomic E-state index is 13.3. The topological polar surface area (TPSA) is 84.5 Å². The summed E-state index contributed by atoms with van der Waals surface area (Å²) in [4.78, 5) is 33.3. The second kappa shape index (κ2) is 10.3. The van der Waals surface area contributed by atoms with E-state index in [1.807, 2.05) is 14.1 Å². The van der Waals surface area contributed by atoms with Crippen molar-refractivity contribution in [1.29, 1.82) is 0 Å². The summed E-state index contributed by atoms with van der Waals surface area (Å²) < 4.78 is 27.6. The van der Waals surface area contributed by atoms with Gasteiger partial charge >= 0.3 is 0 Å². The van der Waals surface area contributed by atoms with Gasteiger partial charge in [0.1, 0.15) is 0 Å². The van der Waals surface area contributed by atoms with Crippen LogP contribution in [0.25, 0.3) is 0 Å². The predicted octanol–water partition coefficient (Wildman–Crippen LogP) is -0.121. The average Bonchev–Trinajstić information content (AvgIpc) is 2.74.